The second-order valence-electron chi connectivity index (χ2n) is 10.3. The van der Waals surface area contributed by atoms with E-state index in [9.17, 15) is 27.9 Å². The molecule has 1 aromatic heterocycles. The van der Waals surface area contributed by atoms with Gasteiger partial charge in [-0.05, 0) is 68.0 Å². The Labute approximate surface area is 225 Å². The molecule has 0 unspecified atom stereocenters. The Bertz CT molecular complexity index is 1120. The second kappa shape index (κ2) is 12.4. The highest BCUT2D eigenvalue weighted by atomic mass is 19.4. The topological polar surface area (TPSA) is 104 Å². The summed E-state index contributed by atoms with van der Waals surface area (Å²) in [6.07, 6.45) is 2.25. The molecule has 1 saturated heterocycles. The van der Waals surface area contributed by atoms with Crippen molar-refractivity contribution in [1.82, 2.24) is 20.5 Å². The van der Waals surface area contributed by atoms with Crippen LogP contribution in [0.15, 0.2) is 48.8 Å². The van der Waals surface area contributed by atoms with E-state index < -0.39 is 29.2 Å². The number of halogens is 3. The van der Waals surface area contributed by atoms with Crippen LogP contribution in [0.25, 0.3) is 0 Å². The summed E-state index contributed by atoms with van der Waals surface area (Å²) in [4.78, 5) is 31.4. The molecule has 1 aromatic carbocycles. The van der Waals surface area contributed by atoms with Crippen LogP contribution in [0.4, 0.5) is 13.2 Å². The summed E-state index contributed by atoms with van der Waals surface area (Å²) in [5.74, 6) is -1.20. The fourth-order valence-corrected chi connectivity index (χ4v) is 5.43. The normalized spacial score (nSPS) is 25.8. The SMILES string of the molecule is CCCO[C@H]1CN(C2CCC(O)(c3ccncc3)CC2)C[C@@H]1NC(=O)CNC(=O)c1cccc(C(F)(F)F)c1. The maximum Gasteiger partial charge on any atom is 0.416 e. The Morgan fingerprint density at radius 2 is 1.87 bits per heavy atom. The Hall–Kier alpha value is -3.02. The number of carbonyl (C=O) groups is 2. The van der Waals surface area contributed by atoms with Gasteiger partial charge < -0.3 is 20.5 Å². The molecule has 1 saturated carbocycles. The molecule has 0 bridgehead atoms. The number of benzene rings is 1. The zero-order valence-electron chi connectivity index (χ0n) is 21.9. The van der Waals surface area contributed by atoms with Gasteiger partial charge >= 0.3 is 6.18 Å². The minimum atomic E-state index is -4.56. The van der Waals surface area contributed by atoms with Gasteiger partial charge in [0.25, 0.3) is 5.91 Å². The number of carbonyl (C=O) groups excluding carboxylic acids is 2. The van der Waals surface area contributed by atoms with Crippen LogP contribution in [0.3, 0.4) is 0 Å². The van der Waals surface area contributed by atoms with E-state index >= 15 is 0 Å². The number of nitrogens with one attached hydrogen (secondary N) is 2. The summed E-state index contributed by atoms with van der Waals surface area (Å²) in [5, 5.41) is 16.5. The maximum absolute atomic E-state index is 13.0. The number of amides is 2. The monoisotopic (exact) mass is 548 g/mol. The first-order valence-electron chi connectivity index (χ1n) is 13.3. The van der Waals surface area contributed by atoms with Crippen molar-refractivity contribution in [3.63, 3.8) is 0 Å². The maximum atomic E-state index is 13.0. The fourth-order valence-electron chi connectivity index (χ4n) is 5.43. The van der Waals surface area contributed by atoms with E-state index in [0.717, 1.165) is 43.0 Å². The van der Waals surface area contributed by atoms with Gasteiger partial charge in [-0.3, -0.25) is 19.5 Å². The number of likely N-dealkylation sites (tertiary alicyclic amines) is 1. The predicted octanol–water partition coefficient (Wildman–Crippen LogP) is 3.26. The van der Waals surface area contributed by atoms with Crippen LogP contribution < -0.4 is 10.6 Å². The Morgan fingerprint density at radius 3 is 2.54 bits per heavy atom. The van der Waals surface area contributed by atoms with Crippen LogP contribution >= 0.6 is 0 Å². The summed E-state index contributed by atoms with van der Waals surface area (Å²) in [6, 6.07) is 7.71. The molecule has 2 aliphatic rings. The molecule has 1 aliphatic heterocycles. The minimum absolute atomic E-state index is 0.169. The van der Waals surface area contributed by atoms with Crippen molar-refractivity contribution in [3.8, 4) is 0 Å². The van der Waals surface area contributed by atoms with E-state index in [1.165, 1.54) is 6.07 Å². The van der Waals surface area contributed by atoms with Crippen molar-refractivity contribution in [2.45, 2.75) is 69.0 Å². The van der Waals surface area contributed by atoms with Gasteiger partial charge in [0.15, 0.2) is 0 Å². The largest absolute Gasteiger partial charge is 0.416 e. The zero-order chi connectivity index (χ0) is 28.0. The van der Waals surface area contributed by atoms with Gasteiger partial charge in [-0.25, -0.2) is 0 Å². The van der Waals surface area contributed by atoms with E-state index in [4.69, 9.17) is 4.74 Å². The van der Waals surface area contributed by atoms with Gasteiger partial charge in [0, 0.05) is 43.7 Å². The van der Waals surface area contributed by atoms with Crippen molar-refractivity contribution in [2.75, 3.05) is 26.2 Å². The lowest BCUT2D eigenvalue weighted by atomic mass is 9.77. The molecule has 4 rings (SSSR count). The minimum Gasteiger partial charge on any atom is -0.385 e. The van der Waals surface area contributed by atoms with Crippen molar-refractivity contribution in [1.29, 1.82) is 0 Å². The molecular formula is C28H35F3N4O4. The van der Waals surface area contributed by atoms with Gasteiger partial charge in [0.1, 0.15) is 0 Å². The Kier molecular flexibility index (Phi) is 9.24. The molecule has 39 heavy (non-hydrogen) atoms. The van der Waals surface area contributed by atoms with E-state index in [-0.39, 0.29) is 30.3 Å². The number of rotatable bonds is 9. The lowest BCUT2D eigenvalue weighted by molar-refractivity contribution is -0.137. The molecule has 212 valence electrons. The fraction of sp³-hybridized carbons (Fsp3) is 0.536. The first kappa shape index (κ1) is 29.0. The van der Waals surface area contributed by atoms with Gasteiger partial charge in [-0.2, -0.15) is 13.2 Å². The van der Waals surface area contributed by atoms with E-state index in [0.29, 0.717) is 32.5 Å². The molecule has 2 atom stereocenters. The number of hydrogen-bond acceptors (Lipinski definition) is 6. The van der Waals surface area contributed by atoms with Gasteiger partial charge in [0.2, 0.25) is 5.91 Å². The highest BCUT2D eigenvalue weighted by Crippen LogP contribution is 2.39. The lowest BCUT2D eigenvalue weighted by Crippen LogP contribution is -2.48. The first-order chi connectivity index (χ1) is 18.6. The molecule has 1 aliphatic carbocycles. The molecule has 8 nitrogen and oxygen atoms in total. The summed E-state index contributed by atoms with van der Waals surface area (Å²) >= 11 is 0. The molecule has 3 N–H and O–H groups in total. The molecule has 2 heterocycles. The lowest BCUT2D eigenvalue weighted by Gasteiger charge is -2.39. The van der Waals surface area contributed by atoms with E-state index in [1.807, 2.05) is 19.1 Å². The van der Waals surface area contributed by atoms with Crippen molar-refractivity contribution >= 4 is 11.8 Å². The molecule has 2 amide bonds. The zero-order valence-corrected chi connectivity index (χ0v) is 21.9. The Morgan fingerprint density at radius 1 is 1.15 bits per heavy atom. The first-order valence-corrected chi connectivity index (χ1v) is 13.3. The van der Waals surface area contributed by atoms with E-state index in [1.54, 1.807) is 12.4 Å². The summed E-state index contributed by atoms with van der Waals surface area (Å²) in [7, 11) is 0. The summed E-state index contributed by atoms with van der Waals surface area (Å²) in [5.41, 5.74) is -1.09. The van der Waals surface area contributed by atoms with Crippen LogP contribution in [-0.4, -0.2) is 71.2 Å². The molecule has 11 heteroatoms. The van der Waals surface area contributed by atoms with Crippen molar-refractivity contribution < 1.29 is 32.6 Å². The number of nitrogens with zero attached hydrogens (tertiary/aromatic N) is 2. The van der Waals surface area contributed by atoms with E-state index in [2.05, 4.69) is 20.5 Å². The van der Waals surface area contributed by atoms with Crippen molar-refractivity contribution in [3.05, 3.63) is 65.5 Å². The molecule has 0 radical (unpaired) electrons. The Balaban J connectivity index is 1.31. The molecule has 0 spiro atoms. The quantitative estimate of drug-likeness (QED) is 0.445. The van der Waals surface area contributed by atoms with Crippen LogP contribution in [-0.2, 0) is 21.3 Å². The van der Waals surface area contributed by atoms with Crippen LogP contribution in [0.2, 0.25) is 0 Å². The second-order valence-corrected chi connectivity index (χ2v) is 10.3. The number of ether oxygens (including phenoxy) is 1. The predicted molar refractivity (Wildman–Crippen MR) is 138 cm³/mol. The number of aliphatic hydroxyl groups is 1. The van der Waals surface area contributed by atoms with Crippen LogP contribution in [0, 0.1) is 0 Å². The molecule has 2 aromatic rings. The molecule has 2 fully saturated rings. The number of aromatic nitrogens is 1. The van der Waals surface area contributed by atoms with Crippen LogP contribution in [0.1, 0.15) is 60.5 Å². The summed E-state index contributed by atoms with van der Waals surface area (Å²) in [6.45, 7) is 3.39. The van der Waals surface area contributed by atoms with Crippen LogP contribution in [0.5, 0.6) is 0 Å². The number of hydrogen-bond donors (Lipinski definition) is 3. The highest BCUT2D eigenvalue weighted by Gasteiger charge is 2.42. The van der Waals surface area contributed by atoms with Crippen molar-refractivity contribution in [2.24, 2.45) is 0 Å². The average Bonchev–Trinajstić information content (AvgIpc) is 3.33. The van der Waals surface area contributed by atoms with Gasteiger partial charge in [-0.15, -0.1) is 0 Å². The standard InChI is InChI=1S/C28H35F3N4O4/c1-2-14-39-24-18-35(22-6-10-27(38,11-7-22)20-8-12-32-13-9-20)17-23(24)34-25(36)16-33-26(37)19-4-3-5-21(15-19)28(29,30)31/h3-5,8-9,12-13,15,22-24,38H,2,6-7,10-11,14,16-18H2,1H3,(H,33,37)(H,34,36)/t22?,23-,24-,27?/m0/s1. The van der Waals surface area contributed by atoms with Gasteiger partial charge in [0.05, 0.1) is 29.9 Å². The number of pyridine rings is 1. The average molecular weight is 549 g/mol. The summed E-state index contributed by atoms with van der Waals surface area (Å²) < 4.78 is 44.9. The third-order valence-corrected chi connectivity index (χ3v) is 7.55. The van der Waals surface area contributed by atoms with Gasteiger partial charge in [-0.1, -0.05) is 13.0 Å². The third-order valence-electron chi connectivity index (χ3n) is 7.55. The molecular weight excluding hydrogens is 513 g/mol. The highest BCUT2D eigenvalue weighted by molar-refractivity contribution is 5.96. The number of alkyl halides is 3. The third kappa shape index (κ3) is 7.34. The smallest absolute Gasteiger partial charge is 0.385 e.